The van der Waals surface area contributed by atoms with Crippen LogP contribution < -0.4 is 5.32 Å². The minimum absolute atomic E-state index is 0.383. The Morgan fingerprint density at radius 2 is 2.33 bits per heavy atom. The largest absolute Gasteiger partial charge is 0.481 e. The Kier molecular flexibility index (Phi) is 3.60. The van der Waals surface area contributed by atoms with Crippen LogP contribution in [0.3, 0.4) is 0 Å². The van der Waals surface area contributed by atoms with Gasteiger partial charge in [0.1, 0.15) is 5.41 Å². The maximum atomic E-state index is 11.1. The molecule has 1 aliphatic rings. The average molecular weight is 286 g/mol. The van der Waals surface area contributed by atoms with Gasteiger partial charge in [0.05, 0.1) is 5.69 Å². The number of thiazole rings is 1. The molecule has 1 saturated carbocycles. The van der Waals surface area contributed by atoms with Crippen LogP contribution in [-0.4, -0.2) is 33.6 Å². The molecule has 0 radical (unpaired) electrons. The van der Waals surface area contributed by atoms with Crippen molar-refractivity contribution in [2.75, 3.05) is 18.1 Å². The Morgan fingerprint density at radius 3 is 2.83 bits per heavy atom. The first-order valence-electron chi connectivity index (χ1n) is 5.88. The van der Waals surface area contributed by atoms with Crippen LogP contribution in [0.15, 0.2) is 5.38 Å². The van der Waals surface area contributed by atoms with Gasteiger partial charge in [0, 0.05) is 16.7 Å². The van der Waals surface area contributed by atoms with Gasteiger partial charge < -0.3 is 10.4 Å². The molecule has 4 nitrogen and oxygen atoms in total. The minimum Gasteiger partial charge on any atom is -0.481 e. The van der Waals surface area contributed by atoms with Crippen LogP contribution >= 0.6 is 23.1 Å². The Hall–Kier alpha value is -0.750. The highest BCUT2D eigenvalue weighted by Crippen LogP contribution is 2.47. The highest BCUT2D eigenvalue weighted by Gasteiger charge is 2.41. The van der Waals surface area contributed by atoms with Gasteiger partial charge in [0.25, 0.3) is 0 Å². The number of nitrogens with one attached hydrogen (secondary N) is 1. The zero-order chi connectivity index (χ0) is 13.4. The van der Waals surface area contributed by atoms with Crippen LogP contribution in [0, 0.1) is 0 Å². The Labute approximate surface area is 115 Å². The predicted molar refractivity (Wildman–Crippen MR) is 76.7 cm³/mol. The first kappa shape index (κ1) is 13.7. The number of rotatable bonds is 6. The summed E-state index contributed by atoms with van der Waals surface area (Å²) in [6.07, 6.45) is 4.63. The number of nitrogens with zero attached hydrogens (tertiary/aromatic N) is 1. The van der Waals surface area contributed by atoms with Crippen LogP contribution in [0.2, 0.25) is 0 Å². The van der Waals surface area contributed by atoms with Crippen molar-refractivity contribution in [2.24, 2.45) is 0 Å². The van der Waals surface area contributed by atoms with E-state index in [0.29, 0.717) is 10.4 Å². The minimum atomic E-state index is -0.923. The average Bonchev–Trinajstić information content (AvgIpc) is 2.95. The van der Waals surface area contributed by atoms with E-state index >= 15 is 0 Å². The molecular weight excluding hydrogens is 268 g/mol. The summed E-state index contributed by atoms with van der Waals surface area (Å²) in [6, 6.07) is 0. The molecule has 0 unspecified atom stereocenters. The fourth-order valence-corrected chi connectivity index (χ4v) is 3.18. The van der Waals surface area contributed by atoms with Crippen LogP contribution in [0.25, 0.3) is 0 Å². The van der Waals surface area contributed by atoms with Crippen molar-refractivity contribution in [3.63, 3.8) is 0 Å². The van der Waals surface area contributed by atoms with Gasteiger partial charge in [-0.3, -0.25) is 4.79 Å². The Morgan fingerprint density at radius 1 is 1.67 bits per heavy atom. The van der Waals surface area contributed by atoms with E-state index in [1.165, 1.54) is 24.2 Å². The van der Waals surface area contributed by atoms with Crippen molar-refractivity contribution in [1.29, 1.82) is 0 Å². The molecule has 2 rings (SSSR count). The molecule has 0 aromatic carbocycles. The lowest BCUT2D eigenvalue weighted by atomic mass is 9.90. The number of aliphatic carboxylic acids is 1. The maximum Gasteiger partial charge on any atom is 0.315 e. The predicted octanol–water partition coefficient (Wildman–Crippen LogP) is 2.81. The lowest BCUT2D eigenvalue weighted by Crippen LogP contribution is -2.29. The molecule has 1 fully saturated rings. The van der Waals surface area contributed by atoms with E-state index in [1.54, 1.807) is 13.8 Å². The number of carboxylic acid groups (broad SMARTS) is 1. The van der Waals surface area contributed by atoms with Gasteiger partial charge in [0.2, 0.25) is 0 Å². The molecule has 0 atom stereocenters. The molecule has 100 valence electrons. The van der Waals surface area contributed by atoms with E-state index in [0.717, 1.165) is 11.7 Å². The zero-order valence-electron chi connectivity index (χ0n) is 10.8. The maximum absolute atomic E-state index is 11.1. The van der Waals surface area contributed by atoms with Gasteiger partial charge in [-0.1, -0.05) is 0 Å². The number of hydrogen-bond donors (Lipinski definition) is 2. The van der Waals surface area contributed by atoms with Crippen LogP contribution in [-0.2, 0) is 10.2 Å². The van der Waals surface area contributed by atoms with Crippen molar-refractivity contribution in [3.05, 3.63) is 11.1 Å². The molecule has 1 aliphatic carbocycles. The van der Waals surface area contributed by atoms with Crippen molar-refractivity contribution in [1.82, 2.24) is 4.98 Å². The molecule has 1 aromatic heterocycles. The summed E-state index contributed by atoms with van der Waals surface area (Å²) in [5.74, 6) is -0.845. The second-order valence-electron chi connectivity index (χ2n) is 5.21. The molecule has 2 N–H and O–H groups in total. The first-order valence-corrected chi connectivity index (χ1v) is 7.98. The molecule has 1 heterocycles. The van der Waals surface area contributed by atoms with Gasteiger partial charge in [-0.2, -0.15) is 11.8 Å². The number of anilines is 1. The summed E-state index contributed by atoms with van der Waals surface area (Å²) in [4.78, 5) is 15.5. The Bertz CT molecular complexity index is 453. The monoisotopic (exact) mass is 286 g/mol. The van der Waals surface area contributed by atoms with E-state index in [-0.39, 0.29) is 0 Å². The lowest BCUT2D eigenvalue weighted by molar-refractivity contribution is -0.142. The quantitative estimate of drug-likeness (QED) is 0.842. The van der Waals surface area contributed by atoms with E-state index in [9.17, 15) is 4.79 Å². The van der Waals surface area contributed by atoms with Gasteiger partial charge in [-0.05, 0) is 32.9 Å². The van der Waals surface area contributed by atoms with E-state index < -0.39 is 11.4 Å². The highest BCUT2D eigenvalue weighted by molar-refractivity contribution is 8.00. The van der Waals surface area contributed by atoms with Crippen molar-refractivity contribution in [2.45, 2.75) is 36.9 Å². The molecule has 0 spiro atoms. The van der Waals surface area contributed by atoms with E-state index in [1.807, 2.05) is 17.1 Å². The second kappa shape index (κ2) is 4.74. The smallest absolute Gasteiger partial charge is 0.315 e. The molecule has 18 heavy (non-hydrogen) atoms. The molecule has 1 aromatic rings. The third-order valence-electron chi connectivity index (χ3n) is 3.48. The molecule has 0 bridgehead atoms. The van der Waals surface area contributed by atoms with Gasteiger partial charge in [-0.15, -0.1) is 11.3 Å². The molecule has 0 amide bonds. The molecule has 0 aliphatic heterocycles. The third kappa shape index (κ3) is 2.64. The van der Waals surface area contributed by atoms with Crippen molar-refractivity contribution < 1.29 is 9.90 Å². The summed E-state index contributed by atoms with van der Waals surface area (Å²) in [7, 11) is 0. The molecular formula is C12H18N2O2S2. The van der Waals surface area contributed by atoms with Crippen LogP contribution in [0.4, 0.5) is 5.13 Å². The van der Waals surface area contributed by atoms with Gasteiger partial charge in [0.15, 0.2) is 5.13 Å². The highest BCUT2D eigenvalue weighted by atomic mass is 32.2. The molecule has 0 saturated heterocycles. The third-order valence-corrected chi connectivity index (χ3v) is 5.70. The number of carboxylic acids is 1. The normalized spacial score (nSPS) is 17.5. The van der Waals surface area contributed by atoms with Gasteiger partial charge in [-0.25, -0.2) is 4.98 Å². The van der Waals surface area contributed by atoms with Crippen LogP contribution in [0.5, 0.6) is 0 Å². The van der Waals surface area contributed by atoms with Crippen molar-refractivity contribution >= 4 is 34.2 Å². The first-order chi connectivity index (χ1) is 8.39. The topological polar surface area (TPSA) is 62.2 Å². The fourth-order valence-electron chi connectivity index (χ4n) is 1.58. The van der Waals surface area contributed by atoms with E-state index in [2.05, 4.69) is 16.6 Å². The number of thioether (sulfide) groups is 1. The molecule has 6 heteroatoms. The van der Waals surface area contributed by atoms with Crippen molar-refractivity contribution in [3.8, 4) is 0 Å². The number of hydrogen-bond acceptors (Lipinski definition) is 5. The second-order valence-corrected chi connectivity index (χ2v) is 7.34. The summed E-state index contributed by atoms with van der Waals surface area (Å²) in [5, 5.41) is 15.1. The summed E-state index contributed by atoms with van der Waals surface area (Å²) in [5.41, 5.74) is -0.302. The summed E-state index contributed by atoms with van der Waals surface area (Å²) < 4.78 is 0.383. The van der Waals surface area contributed by atoms with Crippen LogP contribution in [0.1, 0.15) is 32.4 Å². The van der Waals surface area contributed by atoms with Gasteiger partial charge >= 0.3 is 5.97 Å². The lowest BCUT2D eigenvalue weighted by Gasteiger charge is -2.16. The number of carbonyl (C=O) groups is 1. The summed E-state index contributed by atoms with van der Waals surface area (Å²) >= 11 is 3.37. The standard InChI is InChI=1S/C12H18N2O2S2/c1-11(2,9(15)16)8-6-18-10(14-8)13-7-12(17-3)4-5-12/h6H,4-5,7H2,1-3H3,(H,13,14)(H,15,16). The SMILES string of the molecule is CSC1(CNc2nc(C(C)(C)C(=O)O)cs2)CC1. The Balaban J connectivity index is 2.00. The summed E-state index contributed by atoms with van der Waals surface area (Å²) in [6.45, 7) is 4.27. The van der Waals surface area contributed by atoms with E-state index in [4.69, 9.17) is 5.11 Å². The zero-order valence-corrected chi connectivity index (χ0v) is 12.5. The number of aromatic nitrogens is 1. The fraction of sp³-hybridized carbons (Fsp3) is 0.667.